The Kier molecular flexibility index (Phi) is 9.84. The molecule has 224 valence electrons. The standard InChI is InChI=1S/C32H40FN5O4/c1-2-3-4-5-6-7-8-11-22-42-32(41)38-29(27-15-14-24(33)23-28(27)34-38)36-19-16-35(17-20-36)18-21-37-30(39)25-12-9-10-13-26(25)31(37)40/h9-10,12-15,23H,2-8,11,16-22H2,1H3. The number of rotatable bonds is 13. The van der Waals surface area contributed by atoms with Crippen LogP contribution in [0.15, 0.2) is 42.5 Å². The van der Waals surface area contributed by atoms with Crippen LogP contribution in [0.25, 0.3) is 10.9 Å². The number of aromatic nitrogens is 2. The highest BCUT2D eigenvalue weighted by atomic mass is 19.1. The first kappa shape index (κ1) is 29.7. The molecule has 1 saturated heterocycles. The largest absolute Gasteiger partial charge is 0.448 e. The first-order chi connectivity index (χ1) is 20.5. The zero-order valence-electron chi connectivity index (χ0n) is 24.4. The predicted octanol–water partition coefficient (Wildman–Crippen LogP) is 5.72. The van der Waals surface area contributed by atoms with Gasteiger partial charge in [0.25, 0.3) is 11.8 Å². The summed E-state index contributed by atoms with van der Waals surface area (Å²) < 4.78 is 20.9. The number of benzene rings is 2. The summed E-state index contributed by atoms with van der Waals surface area (Å²) in [6, 6.07) is 11.3. The van der Waals surface area contributed by atoms with Crippen LogP contribution in [0.1, 0.15) is 79.0 Å². The molecule has 2 amide bonds. The summed E-state index contributed by atoms with van der Waals surface area (Å²) in [5, 5.41) is 5.11. The van der Waals surface area contributed by atoms with Gasteiger partial charge in [0.05, 0.1) is 23.3 Å². The van der Waals surface area contributed by atoms with E-state index in [0.717, 1.165) is 19.3 Å². The van der Waals surface area contributed by atoms with Crippen molar-refractivity contribution in [2.24, 2.45) is 0 Å². The van der Waals surface area contributed by atoms with Gasteiger partial charge in [-0.1, -0.05) is 64.0 Å². The number of fused-ring (bicyclic) bond motifs is 2. The highest BCUT2D eigenvalue weighted by Crippen LogP contribution is 2.29. The van der Waals surface area contributed by atoms with Gasteiger partial charge in [-0.3, -0.25) is 19.4 Å². The number of imide groups is 1. The first-order valence-electron chi connectivity index (χ1n) is 15.3. The van der Waals surface area contributed by atoms with E-state index < -0.39 is 11.9 Å². The number of halogens is 1. The van der Waals surface area contributed by atoms with Crippen LogP contribution >= 0.6 is 0 Å². The van der Waals surface area contributed by atoms with E-state index >= 15 is 0 Å². The van der Waals surface area contributed by atoms with Crippen molar-refractivity contribution in [3.05, 3.63) is 59.4 Å². The van der Waals surface area contributed by atoms with Gasteiger partial charge in [0.15, 0.2) is 0 Å². The van der Waals surface area contributed by atoms with Crippen molar-refractivity contribution < 1.29 is 23.5 Å². The molecule has 1 aromatic heterocycles. The molecule has 2 aromatic carbocycles. The van der Waals surface area contributed by atoms with E-state index in [9.17, 15) is 18.8 Å². The molecule has 0 atom stereocenters. The molecule has 9 nitrogen and oxygen atoms in total. The zero-order chi connectivity index (χ0) is 29.5. The number of nitrogens with zero attached hydrogens (tertiary/aromatic N) is 5. The molecule has 0 spiro atoms. The SMILES string of the molecule is CCCCCCCCCCOC(=O)n1nc2cc(F)ccc2c1N1CCN(CCN2C(=O)c3ccccc3C2=O)CC1. The molecule has 0 radical (unpaired) electrons. The Morgan fingerprint density at radius 2 is 1.50 bits per heavy atom. The van der Waals surface area contributed by atoms with E-state index in [1.807, 2.05) is 0 Å². The van der Waals surface area contributed by atoms with Gasteiger partial charge in [-0.2, -0.15) is 5.10 Å². The number of piperazine rings is 1. The monoisotopic (exact) mass is 577 g/mol. The van der Waals surface area contributed by atoms with E-state index in [2.05, 4.69) is 21.8 Å². The van der Waals surface area contributed by atoms with E-state index in [1.165, 1.54) is 53.8 Å². The second-order valence-electron chi connectivity index (χ2n) is 11.1. The van der Waals surface area contributed by atoms with E-state index in [4.69, 9.17) is 4.74 Å². The van der Waals surface area contributed by atoms with E-state index in [1.54, 1.807) is 30.3 Å². The summed E-state index contributed by atoms with van der Waals surface area (Å²) in [5.74, 6) is -0.306. The molecule has 0 N–H and O–H groups in total. The molecule has 3 heterocycles. The third-order valence-electron chi connectivity index (χ3n) is 8.20. The van der Waals surface area contributed by atoms with Crippen molar-refractivity contribution in [2.45, 2.75) is 58.3 Å². The fraction of sp³-hybridized carbons (Fsp3) is 0.500. The lowest BCUT2D eigenvalue weighted by molar-refractivity contribution is 0.0634. The van der Waals surface area contributed by atoms with Crippen LogP contribution in [0.3, 0.4) is 0 Å². The quantitative estimate of drug-likeness (QED) is 0.190. The molecule has 0 aliphatic carbocycles. The van der Waals surface area contributed by atoms with Crippen molar-refractivity contribution in [1.82, 2.24) is 19.6 Å². The van der Waals surface area contributed by atoms with Crippen LogP contribution in [0.2, 0.25) is 0 Å². The second-order valence-corrected chi connectivity index (χ2v) is 11.1. The minimum absolute atomic E-state index is 0.248. The van der Waals surface area contributed by atoms with Crippen LogP contribution in [0, 0.1) is 5.82 Å². The van der Waals surface area contributed by atoms with Crippen molar-refractivity contribution in [3.8, 4) is 0 Å². The predicted molar refractivity (Wildman–Crippen MR) is 160 cm³/mol. The molecule has 42 heavy (non-hydrogen) atoms. The molecule has 0 bridgehead atoms. The summed E-state index contributed by atoms with van der Waals surface area (Å²) in [4.78, 5) is 44.1. The average Bonchev–Trinajstić information content (AvgIpc) is 3.49. The maximum absolute atomic E-state index is 14.0. The number of hydrogen-bond donors (Lipinski definition) is 0. The van der Waals surface area contributed by atoms with Crippen LogP contribution in [-0.2, 0) is 4.74 Å². The summed E-state index contributed by atoms with van der Waals surface area (Å²) in [6.07, 6.45) is 8.66. The van der Waals surface area contributed by atoms with Crippen LogP contribution in [-0.4, -0.2) is 83.4 Å². The number of unbranched alkanes of at least 4 members (excludes halogenated alkanes) is 7. The summed E-state index contributed by atoms with van der Waals surface area (Å²) in [7, 11) is 0. The minimum atomic E-state index is -0.558. The Morgan fingerprint density at radius 1 is 0.857 bits per heavy atom. The van der Waals surface area contributed by atoms with Gasteiger partial charge in [0.2, 0.25) is 0 Å². The average molecular weight is 578 g/mol. The van der Waals surface area contributed by atoms with Gasteiger partial charge in [-0.05, 0) is 30.7 Å². The Morgan fingerprint density at radius 3 is 2.17 bits per heavy atom. The van der Waals surface area contributed by atoms with Gasteiger partial charge in [-0.25, -0.2) is 9.18 Å². The lowest BCUT2D eigenvalue weighted by Gasteiger charge is -2.36. The van der Waals surface area contributed by atoms with E-state index in [-0.39, 0.29) is 11.8 Å². The van der Waals surface area contributed by atoms with Crippen LogP contribution < -0.4 is 4.90 Å². The van der Waals surface area contributed by atoms with Crippen molar-refractivity contribution in [2.75, 3.05) is 50.8 Å². The molecule has 2 aliphatic heterocycles. The van der Waals surface area contributed by atoms with Crippen LogP contribution in [0.5, 0.6) is 0 Å². The molecule has 2 aliphatic rings. The Balaban J connectivity index is 1.16. The summed E-state index contributed by atoms with van der Waals surface area (Å²) in [6.45, 7) is 5.96. The Hall–Kier alpha value is -3.79. The van der Waals surface area contributed by atoms with Gasteiger partial charge < -0.3 is 9.64 Å². The topological polar surface area (TPSA) is 88.0 Å². The number of anilines is 1. The van der Waals surface area contributed by atoms with Gasteiger partial charge in [-0.15, -0.1) is 4.68 Å². The fourth-order valence-corrected chi connectivity index (χ4v) is 5.80. The molecule has 1 fully saturated rings. The highest BCUT2D eigenvalue weighted by Gasteiger charge is 2.35. The summed E-state index contributed by atoms with van der Waals surface area (Å²) in [5.41, 5.74) is 1.32. The molecule has 0 unspecified atom stereocenters. The number of carbonyl (C=O) groups is 3. The lowest BCUT2D eigenvalue weighted by Crippen LogP contribution is -2.49. The lowest BCUT2D eigenvalue weighted by atomic mass is 10.1. The second kappa shape index (κ2) is 13.9. The number of carbonyl (C=O) groups excluding carboxylic acids is 3. The third-order valence-corrected chi connectivity index (χ3v) is 8.20. The highest BCUT2D eigenvalue weighted by molar-refractivity contribution is 6.21. The number of amides is 2. The zero-order valence-corrected chi connectivity index (χ0v) is 24.4. The van der Waals surface area contributed by atoms with Crippen molar-refractivity contribution >= 4 is 34.6 Å². The molecule has 10 heteroatoms. The first-order valence-corrected chi connectivity index (χ1v) is 15.3. The molecular formula is C32H40FN5O4. The number of ether oxygens (including phenoxy) is 1. The Bertz CT molecular complexity index is 1380. The van der Waals surface area contributed by atoms with Gasteiger partial charge in [0, 0.05) is 50.7 Å². The number of hydrogen-bond acceptors (Lipinski definition) is 7. The maximum atomic E-state index is 14.0. The third kappa shape index (κ3) is 6.64. The minimum Gasteiger partial charge on any atom is -0.448 e. The molecule has 0 saturated carbocycles. The van der Waals surface area contributed by atoms with Gasteiger partial charge in [0.1, 0.15) is 11.6 Å². The smallest absolute Gasteiger partial charge is 0.436 e. The molecular weight excluding hydrogens is 537 g/mol. The Labute approximate surface area is 246 Å². The van der Waals surface area contributed by atoms with Gasteiger partial charge >= 0.3 is 6.09 Å². The van der Waals surface area contributed by atoms with Crippen molar-refractivity contribution in [3.63, 3.8) is 0 Å². The summed E-state index contributed by atoms with van der Waals surface area (Å²) >= 11 is 0. The van der Waals surface area contributed by atoms with Crippen molar-refractivity contribution in [1.29, 1.82) is 0 Å². The molecule has 5 rings (SSSR count). The normalized spacial score (nSPS) is 15.6. The van der Waals surface area contributed by atoms with E-state index in [0.29, 0.717) is 73.7 Å². The maximum Gasteiger partial charge on any atom is 0.436 e. The fourth-order valence-electron chi connectivity index (χ4n) is 5.80. The molecule has 3 aromatic rings. The van der Waals surface area contributed by atoms with Crippen LogP contribution in [0.4, 0.5) is 15.0 Å².